The van der Waals surface area contributed by atoms with Gasteiger partial charge in [0.25, 0.3) is 0 Å². The Morgan fingerprint density at radius 1 is 1.30 bits per heavy atom. The van der Waals surface area contributed by atoms with Gasteiger partial charge in [0.15, 0.2) is 0 Å². The molecule has 106 valence electrons. The lowest BCUT2D eigenvalue weighted by Crippen LogP contribution is -2.28. The highest BCUT2D eigenvalue weighted by atomic mass is 79.9. The van der Waals surface area contributed by atoms with Crippen molar-refractivity contribution in [2.24, 2.45) is 0 Å². The SMILES string of the molecule is O=C(O)CCCNC(=O)Cn1ccc2c(Br)cccc21. The molecule has 0 aliphatic carbocycles. The number of aromatic nitrogens is 1. The normalized spacial score (nSPS) is 10.7. The highest BCUT2D eigenvalue weighted by Crippen LogP contribution is 2.24. The van der Waals surface area contributed by atoms with Crippen LogP contribution in [0.2, 0.25) is 0 Å². The molecule has 0 spiro atoms. The highest BCUT2D eigenvalue weighted by Gasteiger charge is 2.07. The number of carbonyl (C=O) groups is 2. The van der Waals surface area contributed by atoms with E-state index in [1.807, 2.05) is 35.0 Å². The van der Waals surface area contributed by atoms with Crippen molar-refractivity contribution in [3.05, 3.63) is 34.9 Å². The molecule has 0 bridgehead atoms. The fourth-order valence-corrected chi connectivity index (χ4v) is 2.49. The first kappa shape index (κ1) is 14.6. The van der Waals surface area contributed by atoms with Crippen LogP contribution in [0.1, 0.15) is 12.8 Å². The van der Waals surface area contributed by atoms with E-state index in [1.54, 1.807) is 0 Å². The van der Waals surface area contributed by atoms with Gasteiger partial charge in [-0.15, -0.1) is 0 Å². The van der Waals surface area contributed by atoms with E-state index in [0.717, 1.165) is 15.4 Å². The summed E-state index contributed by atoms with van der Waals surface area (Å²) in [6.45, 7) is 0.612. The van der Waals surface area contributed by atoms with Gasteiger partial charge in [0.05, 0.1) is 0 Å². The molecule has 0 fully saturated rings. The number of aliphatic carboxylic acids is 1. The van der Waals surface area contributed by atoms with Crippen molar-refractivity contribution in [1.29, 1.82) is 0 Å². The van der Waals surface area contributed by atoms with Gasteiger partial charge >= 0.3 is 5.97 Å². The zero-order chi connectivity index (χ0) is 14.5. The van der Waals surface area contributed by atoms with Crippen LogP contribution in [0.3, 0.4) is 0 Å². The van der Waals surface area contributed by atoms with E-state index >= 15 is 0 Å². The number of carboxylic acid groups (broad SMARTS) is 1. The maximum Gasteiger partial charge on any atom is 0.303 e. The molecule has 0 unspecified atom stereocenters. The average Bonchev–Trinajstić information content (AvgIpc) is 2.79. The number of rotatable bonds is 6. The van der Waals surface area contributed by atoms with E-state index in [2.05, 4.69) is 21.2 Å². The summed E-state index contributed by atoms with van der Waals surface area (Å²) >= 11 is 3.47. The van der Waals surface area contributed by atoms with Gasteiger partial charge in [-0.1, -0.05) is 22.0 Å². The van der Waals surface area contributed by atoms with Crippen LogP contribution in [-0.4, -0.2) is 28.1 Å². The highest BCUT2D eigenvalue weighted by molar-refractivity contribution is 9.10. The van der Waals surface area contributed by atoms with Gasteiger partial charge in [-0.25, -0.2) is 0 Å². The summed E-state index contributed by atoms with van der Waals surface area (Å²) in [4.78, 5) is 22.1. The molecule has 0 atom stereocenters. The first-order valence-electron chi connectivity index (χ1n) is 6.30. The number of nitrogens with one attached hydrogen (secondary N) is 1. The fourth-order valence-electron chi connectivity index (χ4n) is 2.00. The Kier molecular flexibility index (Phi) is 4.79. The lowest BCUT2D eigenvalue weighted by Gasteiger charge is -2.07. The molecule has 1 amide bonds. The van der Waals surface area contributed by atoms with Gasteiger partial charge in [-0.3, -0.25) is 9.59 Å². The Morgan fingerprint density at radius 2 is 2.10 bits per heavy atom. The van der Waals surface area contributed by atoms with Crippen LogP contribution < -0.4 is 5.32 Å². The quantitative estimate of drug-likeness (QED) is 0.794. The maximum absolute atomic E-state index is 11.8. The van der Waals surface area contributed by atoms with E-state index in [9.17, 15) is 9.59 Å². The second kappa shape index (κ2) is 6.56. The smallest absolute Gasteiger partial charge is 0.303 e. The van der Waals surface area contributed by atoms with Gasteiger partial charge in [-0.2, -0.15) is 0 Å². The molecule has 1 aromatic heterocycles. The number of hydrogen-bond donors (Lipinski definition) is 2. The van der Waals surface area contributed by atoms with E-state index < -0.39 is 5.97 Å². The molecular weight excluding hydrogens is 324 g/mol. The minimum absolute atomic E-state index is 0.0691. The number of amides is 1. The molecule has 0 aliphatic rings. The largest absolute Gasteiger partial charge is 0.481 e. The molecule has 0 radical (unpaired) electrons. The topological polar surface area (TPSA) is 71.3 Å². The fraction of sp³-hybridized carbons (Fsp3) is 0.286. The Labute approximate surface area is 124 Å². The minimum Gasteiger partial charge on any atom is -0.481 e. The number of hydrogen-bond acceptors (Lipinski definition) is 2. The number of halogens is 1. The predicted octanol–water partition coefficient (Wildman–Crippen LogP) is 2.38. The van der Waals surface area contributed by atoms with Crippen LogP contribution in [0, 0.1) is 0 Å². The molecule has 5 nitrogen and oxygen atoms in total. The van der Waals surface area contributed by atoms with Gasteiger partial charge in [-0.05, 0) is 24.6 Å². The van der Waals surface area contributed by atoms with Crippen molar-refractivity contribution in [3.8, 4) is 0 Å². The number of carbonyl (C=O) groups excluding carboxylic acids is 1. The van der Waals surface area contributed by atoms with E-state index in [0.29, 0.717) is 13.0 Å². The molecule has 1 heterocycles. The summed E-state index contributed by atoms with van der Waals surface area (Å²) < 4.78 is 2.86. The van der Waals surface area contributed by atoms with Crippen molar-refractivity contribution in [3.63, 3.8) is 0 Å². The van der Waals surface area contributed by atoms with Gasteiger partial charge in [0.1, 0.15) is 6.54 Å². The zero-order valence-corrected chi connectivity index (χ0v) is 12.4. The van der Waals surface area contributed by atoms with Crippen molar-refractivity contribution in [1.82, 2.24) is 9.88 Å². The molecule has 0 aliphatic heterocycles. The van der Waals surface area contributed by atoms with Crippen molar-refractivity contribution < 1.29 is 14.7 Å². The molecule has 2 N–H and O–H groups in total. The summed E-state index contributed by atoms with van der Waals surface area (Å²) in [5.41, 5.74) is 0.986. The first-order valence-corrected chi connectivity index (χ1v) is 7.09. The van der Waals surface area contributed by atoms with Crippen LogP contribution >= 0.6 is 15.9 Å². The second-order valence-electron chi connectivity index (χ2n) is 4.46. The van der Waals surface area contributed by atoms with Crippen LogP contribution in [-0.2, 0) is 16.1 Å². The van der Waals surface area contributed by atoms with Gasteiger partial charge < -0.3 is 15.0 Å². The summed E-state index contributed by atoms with van der Waals surface area (Å²) in [7, 11) is 0. The van der Waals surface area contributed by atoms with E-state index in [4.69, 9.17) is 5.11 Å². The lowest BCUT2D eigenvalue weighted by molar-refractivity contribution is -0.137. The Morgan fingerprint density at radius 3 is 2.85 bits per heavy atom. The zero-order valence-electron chi connectivity index (χ0n) is 10.8. The number of carboxylic acids is 1. The summed E-state index contributed by atoms with van der Waals surface area (Å²) in [6, 6.07) is 7.79. The second-order valence-corrected chi connectivity index (χ2v) is 5.32. The Hall–Kier alpha value is -1.82. The van der Waals surface area contributed by atoms with Crippen molar-refractivity contribution >= 4 is 38.7 Å². The van der Waals surface area contributed by atoms with Crippen LogP contribution in [0.4, 0.5) is 0 Å². The summed E-state index contributed by atoms with van der Waals surface area (Å²) in [5, 5.41) is 12.3. The third kappa shape index (κ3) is 3.60. The molecule has 20 heavy (non-hydrogen) atoms. The van der Waals surface area contributed by atoms with Crippen LogP contribution in [0.5, 0.6) is 0 Å². The monoisotopic (exact) mass is 338 g/mol. The molecule has 0 saturated carbocycles. The van der Waals surface area contributed by atoms with Crippen molar-refractivity contribution in [2.45, 2.75) is 19.4 Å². The molecule has 1 aromatic carbocycles. The summed E-state index contributed by atoms with van der Waals surface area (Å²) in [6.07, 6.45) is 2.38. The first-order chi connectivity index (χ1) is 9.58. The number of fused-ring (bicyclic) bond motifs is 1. The maximum atomic E-state index is 11.8. The van der Waals surface area contributed by atoms with Crippen LogP contribution in [0.15, 0.2) is 34.9 Å². The van der Waals surface area contributed by atoms with Crippen LogP contribution in [0.25, 0.3) is 10.9 Å². The Balaban J connectivity index is 1.93. The lowest BCUT2D eigenvalue weighted by atomic mass is 10.2. The predicted molar refractivity (Wildman–Crippen MR) is 79.5 cm³/mol. The standard InChI is InChI=1S/C14H15BrN2O3/c15-11-3-1-4-12-10(11)6-8-17(12)9-13(18)16-7-2-5-14(19)20/h1,3-4,6,8H,2,5,7,9H2,(H,16,18)(H,19,20). The molecular formula is C14H15BrN2O3. The molecule has 2 aromatic rings. The summed E-state index contributed by atoms with van der Waals surface area (Å²) in [5.74, 6) is -0.964. The number of nitrogens with zero attached hydrogens (tertiary/aromatic N) is 1. The molecule has 0 saturated heterocycles. The third-order valence-corrected chi connectivity index (χ3v) is 3.66. The van der Waals surface area contributed by atoms with E-state index in [-0.39, 0.29) is 18.9 Å². The molecule has 6 heteroatoms. The van der Waals surface area contributed by atoms with Crippen molar-refractivity contribution in [2.75, 3.05) is 6.54 Å². The minimum atomic E-state index is -0.847. The Bertz CT molecular complexity index is 636. The number of benzene rings is 1. The average molecular weight is 339 g/mol. The van der Waals surface area contributed by atoms with E-state index in [1.165, 1.54) is 0 Å². The molecule has 2 rings (SSSR count). The third-order valence-electron chi connectivity index (χ3n) is 2.96. The van der Waals surface area contributed by atoms with Gasteiger partial charge in [0.2, 0.25) is 5.91 Å². The van der Waals surface area contributed by atoms with Gasteiger partial charge in [0, 0.05) is 34.5 Å².